The van der Waals surface area contributed by atoms with Gasteiger partial charge in [-0.1, -0.05) is 37.3 Å². The molecule has 0 amide bonds. The van der Waals surface area contributed by atoms with Crippen molar-refractivity contribution in [3.63, 3.8) is 0 Å². The molecule has 0 aliphatic carbocycles. The van der Waals surface area contributed by atoms with E-state index in [4.69, 9.17) is 0 Å². The van der Waals surface area contributed by atoms with E-state index in [-0.39, 0.29) is 11.8 Å². The molecule has 7 heteroatoms. The molecule has 0 bridgehead atoms. The summed E-state index contributed by atoms with van der Waals surface area (Å²) in [4.78, 5) is 2.06. The first-order valence-corrected chi connectivity index (χ1v) is 9.15. The zero-order valence-corrected chi connectivity index (χ0v) is 15.2. The third kappa shape index (κ3) is 4.19. The van der Waals surface area contributed by atoms with Gasteiger partial charge >= 0.3 is 6.18 Å². The summed E-state index contributed by atoms with van der Waals surface area (Å²) in [6, 6.07) is 10.2. The maximum Gasteiger partial charge on any atom is 0.389 e. The number of hydrogen-bond acceptors (Lipinski definition) is 3. The second kappa shape index (κ2) is 7.68. The fourth-order valence-corrected chi connectivity index (χ4v) is 3.83. The zero-order valence-electron chi connectivity index (χ0n) is 15.2. The third-order valence-corrected chi connectivity index (χ3v) is 5.22. The molecule has 1 fully saturated rings. The first kappa shape index (κ1) is 18.7. The lowest BCUT2D eigenvalue weighted by molar-refractivity contribution is -0.145. The van der Waals surface area contributed by atoms with E-state index in [1.807, 2.05) is 29.8 Å². The van der Waals surface area contributed by atoms with Crippen LogP contribution in [0, 0.1) is 5.92 Å². The highest BCUT2D eigenvalue weighted by atomic mass is 19.4. The number of nitrogens with zero attached hydrogens (tertiary/aromatic N) is 4. The molecular formula is C19H25F3N4. The summed E-state index contributed by atoms with van der Waals surface area (Å²) in [5.74, 6) is 1.52. The fourth-order valence-electron chi connectivity index (χ4n) is 3.83. The monoisotopic (exact) mass is 366 g/mol. The second-order valence-electron chi connectivity index (χ2n) is 7.04. The SMILES string of the molecule is CCC(c1ccccc1)c1nnc(N2CCC(CC(F)(F)F)CC2)n1C. The summed E-state index contributed by atoms with van der Waals surface area (Å²) in [5.41, 5.74) is 1.20. The number of halogens is 3. The van der Waals surface area contributed by atoms with Gasteiger partial charge in [-0.25, -0.2) is 0 Å². The van der Waals surface area contributed by atoms with Crippen molar-refractivity contribution in [2.45, 2.75) is 44.7 Å². The predicted molar refractivity (Wildman–Crippen MR) is 95.2 cm³/mol. The van der Waals surface area contributed by atoms with Crippen LogP contribution in [0.1, 0.15) is 49.9 Å². The molecule has 3 rings (SSSR count). The molecular weight excluding hydrogens is 341 g/mol. The molecule has 26 heavy (non-hydrogen) atoms. The molecule has 1 aromatic carbocycles. The molecule has 1 aromatic heterocycles. The van der Waals surface area contributed by atoms with Crippen LogP contribution in [0.25, 0.3) is 0 Å². The minimum atomic E-state index is -4.07. The molecule has 1 saturated heterocycles. The number of piperidine rings is 1. The summed E-state index contributed by atoms with van der Waals surface area (Å²) < 4.78 is 39.7. The van der Waals surface area contributed by atoms with Crippen LogP contribution in [0.15, 0.2) is 30.3 Å². The number of hydrogen-bond donors (Lipinski definition) is 0. The molecule has 2 heterocycles. The summed E-state index contributed by atoms with van der Waals surface area (Å²) in [5, 5.41) is 8.76. The van der Waals surface area contributed by atoms with Crippen LogP contribution in [0.2, 0.25) is 0 Å². The Morgan fingerprint density at radius 2 is 1.77 bits per heavy atom. The van der Waals surface area contributed by atoms with Gasteiger partial charge in [-0.05, 0) is 30.7 Å². The van der Waals surface area contributed by atoms with Gasteiger partial charge in [0.2, 0.25) is 5.95 Å². The van der Waals surface area contributed by atoms with E-state index in [9.17, 15) is 13.2 Å². The summed E-state index contributed by atoms with van der Waals surface area (Å²) in [6.07, 6.45) is -2.77. The highest BCUT2D eigenvalue weighted by Gasteiger charge is 2.34. The van der Waals surface area contributed by atoms with Crippen molar-refractivity contribution in [1.29, 1.82) is 0 Å². The molecule has 0 N–H and O–H groups in total. The van der Waals surface area contributed by atoms with Crippen LogP contribution in [0.5, 0.6) is 0 Å². The van der Waals surface area contributed by atoms with Crippen LogP contribution in [-0.4, -0.2) is 34.0 Å². The first-order chi connectivity index (χ1) is 12.4. The smallest absolute Gasteiger partial charge is 0.341 e. The lowest BCUT2D eigenvalue weighted by Gasteiger charge is -2.32. The minimum absolute atomic E-state index is 0.158. The van der Waals surface area contributed by atoms with Crippen LogP contribution in [0.3, 0.4) is 0 Å². The molecule has 0 spiro atoms. The van der Waals surface area contributed by atoms with Gasteiger partial charge in [0.15, 0.2) is 0 Å². The highest BCUT2D eigenvalue weighted by Crippen LogP contribution is 2.33. The van der Waals surface area contributed by atoms with Gasteiger partial charge in [-0.15, -0.1) is 10.2 Å². The van der Waals surface area contributed by atoms with Crippen LogP contribution >= 0.6 is 0 Å². The number of anilines is 1. The van der Waals surface area contributed by atoms with Crippen LogP contribution in [0.4, 0.5) is 19.1 Å². The Hall–Kier alpha value is -2.05. The van der Waals surface area contributed by atoms with E-state index in [1.165, 1.54) is 5.56 Å². The van der Waals surface area contributed by atoms with Gasteiger partial charge < -0.3 is 4.90 Å². The summed E-state index contributed by atoms with van der Waals surface area (Å²) in [6.45, 7) is 3.30. The Morgan fingerprint density at radius 3 is 2.35 bits per heavy atom. The molecule has 1 aliphatic rings. The fraction of sp³-hybridized carbons (Fsp3) is 0.579. The van der Waals surface area contributed by atoms with Crippen molar-refractivity contribution >= 4 is 5.95 Å². The van der Waals surface area contributed by atoms with E-state index in [0.717, 1.165) is 18.2 Å². The number of alkyl halides is 3. The van der Waals surface area contributed by atoms with Gasteiger partial charge in [0.05, 0.1) is 0 Å². The minimum Gasteiger partial charge on any atom is -0.341 e. The van der Waals surface area contributed by atoms with Gasteiger partial charge in [0.25, 0.3) is 0 Å². The van der Waals surface area contributed by atoms with E-state index in [0.29, 0.717) is 25.9 Å². The maximum absolute atomic E-state index is 12.6. The van der Waals surface area contributed by atoms with Crippen molar-refractivity contribution in [3.05, 3.63) is 41.7 Å². The second-order valence-corrected chi connectivity index (χ2v) is 7.04. The van der Waals surface area contributed by atoms with Crippen molar-refractivity contribution in [2.75, 3.05) is 18.0 Å². The predicted octanol–water partition coefficient (Wildman–Crippen LogP) is 4.53. The Morgan fingerprint density at radius 1 is 1.12 bits per heavy atom. The Kier molecular flexibility index (Phi) is 5.53. The highest BCUT2D eigenvalue weighted by molar-refractivity contribution is 5.35. The van der Waals surface area contributed by atoms with E-state index in [2.05, 4.69) is 34.2 Å². The lowest BCUT2D eigenvalue weighted by Crippen LogP contribution is -2.36. The zero-order chi connectivity index (χ0) is 18.7. The Bertz CT molecular complexity index is 703. The van der Waals surface area contributed by atoms with Crippen LogP contribution in [-0.2, 0) is 7.05 Å². The van der Waals surface area contributed by atoms with Crippen LogP contribution < -0.4 is 4.90 Å². The van der Waals surface area contributed by atoms with E-state index in [1.54, 1.807) is 0 Å². The average molecular weight is 366 g/mol. The van der Waals surface area contributed by atoms with Crippen molar-refractivity contribution in [1.82, 2.24) is 14.8 Å². The first-order valence-electron chi connectivity index (χ1n) is 9.15. The van der Waals surface area contributed by atoms with Crippen molar-refractivity contribution < 1.29 is 13.2 Å². The van der Waals surface area contributed by atoms with E-state index < -0.39 is 12.6 Å². The molecule has 142 valence electrons. The normalized spacial score (nSPS) is 17.5. The summed E-state index contributed by atoms with van der Waals surface area (Å²) >= 11 is 0. The lowest BCUT2D eigenvalue weighted by atomic mass is 9.93. The van der Waals surface area contributed by atoms with Crippen molar-refractivity contribution in [3.8, 4) is 0 Å². The van der Waals surface area contributed by atoms with Crippen molar-refractivity contribution in [2.24, 2.45) is 13.0 Å². The van der Waals surface area contributed by atoms with Gasteiger partial charge in [0.1, 0.15) is 5.82 Å². The van der Waals surface area contributed by atoms with Gasteiger partial charge in [0, 0.05) is 32.5 Å². The van der Waals surface area contributed by atoms with E-state index >= 15 is 0 Å². The molecule has 1 unspecified atom stereocenters. The maximum atomic E-state index is 12.6. The largest absolute Gasteiger partial charge is 0.389 e. The molecule has 0 saturated carbocycles. The van der Waals surface area contributed by atoms with Gasteiger partial charge in [-0.2, -0.15) is 13.2 Å². The standard InChI is InChI=1S/C19H25F3N4/c1-3-16(15-7-5-4-6-8-15)17-23-24-18(25(17)2)26-11-9-14(10-12-26)13-19(20,21)22/h4-8,14,16H,3,9-13H2,1-2H3. The molecule has 2 aromatic rings. The molecule has 1 aliphatic heterocycles. The number of benzene rings is 1. The molecule has 0 radical (unpaired) electrons. The third-order valence-electron chi connectivity index (χ3n) is 5.22. The molecule has 1 atom stereocenters. The number of aromatic nitrogens is 3. The average Bonchev–Trinajstić information content (AvgIpc) is 2.98. The Balaban J connectivity index is 1.72. The topological polar surface area (TPSA) is 34.0 Å². The summed E-state index contributed by atoms with van der Waals surface area (Å²) in [7, 11) is 1.94. The molecule has 4 nitrogen and oxygen atoms in total. The van der Waals surface area contributed by atoms with Gasteiger partial charge in [-0.3, -0.25) is 4.57 Å². The Labute approximate surface area is 152 Å². The number of rotatable bonds is 5. The quantitative estimate of drug-likeness (QED) is 0.780.